The molecule has 0 atom stereocenters. The van der Waals surface area contributed by atoms with Gasteiger partial charge < -0.3 is 4.57 Å². The highest BCUT2D eigenvalue weighted by atomic mass is 16.1. The van der Waals surface area contributed by atoms with Crippen molar-refractivity contribution in [2.45, 2.75) is 33.6 Å². The maximum Gasteiger partial charge on any atom is 0.258 e. The molecule has 6 heteroatoms. The minimum absolute atomic E-state index is 0.0377. The fraction of sp³-hybridized carbons (Fsp3) is 0.250. The summed E-state index contributed by atoms with van der Waals surface area (Å²) < 4.78 is 1.66. The highest BCUT2D eigenvalue weighted by Crippen LogP contribution is 2.28. The quantitative estimate of drug-likeness (QED) is 0.493. The lowest BCUT2D eigenvalue weighted by Gasteiger charge is -2.16. The zero-order valence-corrected chi connectivity index (χ0v) is 18.1. The average Bonchev–Trinajstić information content (AvgIpc) is 2.71. The number of fused-ring (bicyclic) bond motifs is 1. The Labute approximate surface area is 176 Å². The lowest BCUT2D eigenvalue weighted by atomic mass is 9.93. The van der Waals surface area contributed by atoms with Crippen molar-refractivity contribution in [1.82, 2.24) is 20.0 Å². The Morgan fingerprint density at radius 1 is 1.17 bits per heavy atom. The first-order valence-electron chi connectivity index (χ1n) is 9.86. The Hall–Kier alpha value is -3.54. The lowest BCUT2D eigenvalue weighted by molar-refractivity contribution is 0.850. The van der Waals surface area contributed by atoms with Crippen molar-refractivity contribution in [3.63, 3.8) is 0 Å². The number of benzene rings is 1. The molecule has 0 spiro atoms. The zero-order chi connectivity index (χ0) is 21.8. The van der Waals surface area contributed by atoms with Gasteiger partial charge in [-0.3, -0.25) is 10.2 Å². The highest BCUT2D eigenvalue weighted by Gasteiger charge is 2.14. The van der Waals surface area contributed by atoms with Crippen molar-refractivity contribution >= 4 is 28.6 Å². The molecule has 1 aromatic carbocycles. The summed E-state index contributed by atoms with van der Waals surface area (Å²) in [7, 11) is 1.78. The van der Waals surface area contributed by atoms with E-state index in [2.05, 4.69) is 53.1 Å². The smallest absolute Gasteiger partial charge is 0.258 e. The first kappa shape index (κ1) is 21.2. The van der Waals surface area contributed by atoms with E-state index < -0.39 is 0 Å². The van der Waals surface area contributed by atoms with E-state index in [4.69, 9.17) is 0 Å². The van der Waals surface area contributed by atoms with Crippen LogP contribution in [0.1, 0.15) is 48.0 Å². The number of hydrazone groups is 1. The van der Waals surface area contributed by atoms with Crippen LogP contribution in [0.4, 0.5) is 0 Å². The van der Waals surface area contributed by atoms with Crippen LogP contribution in [0.3, 0.4) is 0 Å². The fourth-order valence-corrected chi connectivity index (χ4v) is 3.44. The monoisotopic (exact) mass is 401 g/mol. The number of hydrogen-bond acceptors (Lipinski definition) is 5. The number of rotatable bonds is 6. The third-order valence-corrected chi connectivity index (χ3v) is 4.94. The van der Waals surface area contributed by atoms with Crippen molar-refractivity contribution < 1.29 is 0 Å². The summed E-state index contributed by atoms with van der Waals surface area (Å²) in [6, 6.07) is 6.17. The van der Waals surface area contributed by atoms with Gasteiger partial charge in [-0.1, -0.05) is 32.1 Å². The maximum atomic E-state index is 13.2. The van der Waals surface area contributed by atoms with E-state index in [9.17, 15) is 4.79 Å². The molecule has 0 aliphatic carbocycles. The number of aryl methyl sites for hydroxylation is 2. The summed E-state index contributed by atoms with van der Waals surface area (Å²) in [6.45, 7) is 11.8. The summed E-state index contributed by atoms with van der Waals surface area (Å²) in [4.78, 5) is 21.8. The third kappa shape index (κ3) is 4.38. The Bertz CT molecular complexity index is 1200. The van der Waals surface area contributed by atoms with Crippen LogP contribution in [0.5, 0.6) is 0 Å². The molecule has 0 radical (unpaired) electrons. The van der Waals surface area contributed by atoms with Gasteiger partial charge in [0.05, 0.1) is 11.9 Å². The van der Waals surface area contributed by atoms with Gasteiger partial charge in [0.15, 0.2) is 0 Å². The summed E-state index contributed by atoms with van der Waals surface area (Å²) >= 11 is 0. The second-order valence-corrected chi connectivity index (χ2v) is 7.62. The summed E-state index contributed by atoms with van der Waals surface area (Å²) in [5.41, 5.74) is 7.26. The van der Waals surface area contributed by atoms with E-state index in [0.29, 0.717) is 11.7 Å². The minimum Gasteiger partial charge on any atom is -0.311 e. The topological polar surface area (TPSA) is 72.2 Å². The van der Waals surface area contributed by atoms with Crippen molar-refractivity contribution in [3.8, 4) is 0 Å². The lowest BCUT2D eigenvalue weighted by Crippen LogP contribution is -2.21. The molecule has 0 aliphatic heterocycles. The van der Waals surface area contributed by atoms with Crippen LogP contribution in [0.15, 0.2) is 53.3 Å². The molecule has 30 heavy (non-hydrogen) atoms. The second-order valence-electron chi connectivity index (χ2n) is 7.62. The van der Waals surface area contributed by atoms with Crippen LogP contribution in [0.2, 0.25) is 0 Å². The Kier molecular flexibility index (Phi) is 6.26. The third-order valence-electron chi connectivity index (χ3n) is 4.94. The first-order valence-corrected chi connectivity index (χ1v) is 9.86. The molecule has 3 aromatic rings. The van der Waals surface area contributed by atoms with E-state index in [0.717, 1.165) is 38.7 Å². The van der Waals surface area contributed by atoms with Gasteiger partial charge in [0.2, 0.25) is 0 Å². The summed E-state index contributed by atoms with van der Waals surface area (Å²) in [5.74, 6) is 0.993. The minimum atomic E-state index is -0.0377. The molecule has 0 saturated heterocycles. The van der Waals surface area contributed by atoms with Crippen LogP contribution in [0.25, 0.3) is 22.4 Å². The molecule has 0 fully saturated rings. The van der Waals surface area contributed by atoms with Crippen molar-refractivity contribution in [2.75, 3.05) is 0 Å². The van der Waals surface area contributed by atoms with Crippen molar-refractivity contribution in [2.24, 2.45) is 12.1 Å². The van der Waals surface area contributed by atoms with Crippen LogP contribution in [-0.2, 0) is 7.05 Å². The van der Waals surface area contributed by atoms with Gasteiger partial charge in [-0.15, -0.1) is 0 Å². The van der Waals surface area contributed by atoms with Gasteiger partial charge in [-0.25, -0.2) is 9.97 Å². The Balaban J connectivity index is 2.30. The molecule has 1 N–H and O–H groups in total. The van der Waals surface area contributed by atoms with Gasteiger partial charge in [0.1, 0.15) is 5.82 Å². The number of pyridine rings is 1. The molecule has 2 aromatic heterocycles. The van der Waals surface area contributed by atoms with Crippen LogP contribution in [-0.4, -0.2) is 20.7 Å². The van der Waals surface area contributed by atoms with E-state index in [-0.39, 0.29) is 5.56 Å². The number of nitrogens with one attached hydrogen (secondary N) is 1. The van der Waals surface area contributed by atoms with Crippen LogP contribution in [0, 0.1) is 13.8 Å². The molecule has 3 rings (SSSR count). The van der Waals surface area contributed by atoms with Gasteiger partial charge in [0, 0.05) is 42.2 Å². The standard InChI is InChI=1S/C24H27N5O/c1-7-27-28-14-19(10-18-12-25-17(5)26-13-18)23-11-21-20(15(2)3)8-16(4)9-22(21)24(30)29(23)6/h7-15,27H,1H2,2-6H3/b19-10+,28-14-. The van der Waals surface area contributed by atoms with E-state index in [1.165, 1.54) is 6.20 Å². The number of aromatic nitrogens is 3. The number of nitrogens with zero attached hydrogens (tertiary/aromatic N) is 4. The maximum absolute atomic E-state index is 13.2. The number of hydrogen-bond donors (Lipinski definition) is 1. The average molecular weight is 402 g/mol. The molecule has 0 unspecified atom stereocenters. The summed E-state index contributed by atoms with van der Waals surface area (Å²) in [5, 5.41) is 5.87. The predicted molar refractivity (Wildman–Crippen MR) is 124 cm³/mol. The van der Waals surface area contributed by atoms with Gasteiger partial charge in [-0.2, -0.15) is 5.10 Å². The first-order chi connectivity index (χ1) is 14.3. The van der Waals surface area contributed by atoms with Crippen molar-refractivity contribution in [1.29, 1.82) is 0 Å². The highest BCUT2D eigenvalue weighted by molar-refractivity contribution is 6.15. The molecule has 0 bridgehead atoms. The van der Waals surface area contributed by atoms with E-state index in [1.807, 2.05) is 26.0 Å². The molecule has 154 valence electrons. The zero-order valence-electron chi connectivity index (χ0n) is 18.1. The van der Waals surface area contributed by atoms with E-state index >= 15 is 0 Å². The summed E-state index contributed by atoms with van der Waals surface area (Å²) in [6.07, 6.45) is 8.57. The molecule has 0 saturated carbocycles. The van der Waals surface area contributed by atoms with Crippen LogP contribution >= 0.6 is 0 Å². The molecule has 0 aliphatic rings. The molecular weight excluding hydrogens is 374 g/mol. The van der Waals surface area contributed by atoms with Gasteiger partial charge >= 0.3 is 0 Å². The number of allylic oxidation sites excluding steroid dienone is 1. The molecular formula is C24H27N5O. The van der Waals surface area contributed by atoms with Gasteiger partial charge in [0.25, 0.3) is 5.56 Å². The second kappa shape index (κ2) is 8.86. The molecule has 6 nitrogen and oxygen atoms in total. The largest absolute Gasteiger partial charge is 0.311 e. The molecule has 2 heterocycles. The Morgan fingerprint density at radius 2 is 1.87 bits per heavy atom. The normalized spacial score (nSPS) is 12.1. The van der Waals surface area contributed by atoms with Crippen molar-refractivity contribution in [3.05, 3.63) is 81.9 Å². The molecule has 0 amide bonds. The van der Waals surface area contributed by atoms with Crippen LogP contribution < -0.4 is 11.0 Å². The SMILES string of the molecule is C=CN/N=C\C(=C/c1cnc(C)nc1)c1cc2c(C(C)C)cc(C)cc2c(=O)n1C. The van der Waals surface area contributed by atoms with E-state index in [1.54, 1.807) is 30.2 Å². The predicted octanol–water partition coefficient (Wildman–Crippen LogP) is 4.33. The fourth-order valence-electron chi connectivity index (χ4n) is 3.44. The Morgan fingerprint density at radius 3 is 2.50 bits per heavy atom. The van der Waals surface area contributed by atoms with Gasteiger partial charge in [-0.05, 0) is 48.9 Å².